The Kier molecular flexibility index (Phi) is 35.1. The van der Waals surface area contributed by atoms with Gasteiger partial charge in [-0.3, -0.25) is 24.0 Å². The summed E-state index contributed by atoms with van der Waals surface area (Å²) in [6.07, 6.45) is 5.88. The number of pyridine rings is 1. The number of anilines is 1. The number of esters is 3. The van der Waals surface area contributed by atoms with Gasteiger partial charge in [0.05, 0.1) is 72.5 Å². The Morgan fingerprint density at radius 1 is 0.565 bits per heavy atom. The van der Waals surface area contributed by atoms with Crippen LogP contribution in [0.25, 0.3) is 39.1 Å². The molecule has 11 aromatic carbocycles. The molecule has 27 heteroatoms. The van der Waals surface area contributed by atoms with Crippen LogP contribution < -0.4 is 15.2 Å². The van der Waals surface area contributed by atoms with Gasteiger partial charge >= 0.3 is 29.8 Å². The first-order chi connectivity index (χ1) is 59.9. The highest BCUT2D eigenvalue weighted by Gasteiger charge is 2.34. The average Bonchev–Trinajstić information content (AvgIpc) is 1.16. The molecule has 0 saturated heterocycles. The third kappa shape index (κ3) is 27.7. The average molecular weight is 1680 g/mol. The van der Waals surface area contributed by atoms with Crippen LogP contribution in [0.1, 0.15) is 120 Å². The van der Waals surface area contributed by atoms with Gasteiger partial charge in [-0.05, 0) is 113 Å². The summed E-state index contributed by atoms with van der Waals surface area (Å²) in [7, 11) is 1.54. The van der Waals surface area contributed by atoms with E-state index in [4.69, 9.17) is 24.7 Å². The zero-order chi connectivity index (χ0) is 88.9. The Morgan fingerprint density at radius 2 is 1.09 bits per heavy atom. The van der Waals surface area contributed by atoms with Crippen LogP contribution >= 0.6 is 0 Å². The summed E-state index contributed by atoms with van der Waals surface area (Å²) < 4.78 is 55.2. The molecule has 14 aromatic rings. The van der Waals surface area contributed by atoms with E-state index in [-0.39, 0.29) is 88.3 Å². The molecule has 0 amide bonds. The fraction of sp³-hybridized carbons (Fsp3) is 0.155. The van der Waals surface area contributed by atoms with Crippen LogP contribution in [0.4, 0.5) is 14.6 Å². The van der Waals surface area contributed by atoms with Gasteiger partial charge in [0.15, 0.2) is 28.9 Å². The van der Waals surface area contributed by atoms with Crippen LogP contribution in [0.15, 0.2) is 298 Å². The van der Waals surface area contributed by atoms with E-state index in [9.17, 15) is 62.5 Å². The summed E-state index contributed by atoms with van der Waals surface area (Å²) in [4.78, 5) is 109. The summed E-state index contributed by atoms with van der Waals surface area (Å²) in [6, 6.07) is 81.5. The van der Waals surface area contributed by atoms with Crippen LogP contribution in [0.5, 0.6) is 23.0 Å². The van der Waals surface area contributed by atoms with Crippen molar-refractivity contribution in [1.82, 2.24) is 29.5 Å². The summed E-state index contributed by atoms with van der Waals surface area (Å²) >= 11 is 0. The van der Waals surface area contributed by atoms with Crippen molar-refractivity contribution in [2.24, 2.45) is 5.92 Å². The molecule has 1 atom stereocenters. The lowest BCUT2D eigenvalue weighted by Gasteiger charge is -2.18. The topological polar surface area (TPSA) is 349 Å². The molecule has 5 N–H and O–H groups in total. The molecule has 1 aliphatic carbocycles. The number of nitrogens with zero attached hydrogens (tertiary/aromatic N) is 6. The SMILES string of the molecule is CC(=O)c1cn(Cc2c(F)cccc2F)nn1.CC(C)Cn1cnc2c(N)nc3ccccc3c21.CCOC(=O)Cc1ccc(-c2ccccc2)cc1.COc1ccccc1OC[C@@H](O)COC(C)=O.O=C(/C=C/c1ccccc1)OCc1ccccc1.O=C(OOC(=O)c1ccccc1)c1ccccc1.O=C1c2cccc(O)c2C(=O)c2c(O)cccc21. The van der Waals surface area contributed by atoms with E-state index >= 15 is 0 Å². The van der Waals surface area contributed by atoms with Gasteiger partial charge in [-0.15, -0.1) is 5.10 Å². The molecule has 0 bridgehead atoms. The minimum Gasteiger partial charge on any atom is -0.507 e. The Bertz CT molecular complexity index is 5810. The lowest BCUT2D eigenvalue weighted by molar-refractivity contribution is -0.187. The molecule has 0 unspecified atom stereocenters. The van der Waals surface area contributed by atoms with Crippen molar-refractivity contribution in [3.8, 4) is 34.1 Å². The second-order valence-corrected chi connectivity index (χ2v) is 27.4. The van der Waals surface area contributed by atoms with E-state index in [1.807, 2.05) is 141 Å². The molecule has 15 rings (SSSR count). The number of Topliss-reactive ketones (excluding diaryl/α,β-unsaturated/α-hetero) is 1. The van der Waals surface area contributed by atoms with Gasteiger partial charge in [0.2, 0.25) is 5.78 Å². The molecule has 0 spiro atoms. The molecule has 634 valence electrons. The molecule has 124 heavy (non-hydrogen) atoms. The Hall–Kier alpha value is -15.6. The number of phenols is 2. The maximum Gasteiger partial charge on any atom is 0.386 e. The number of para-hydroxylation sites is 3. The molecule has 3 aromatic heterocycles. The fourth-order valence-corrected chi connectivity index (χ4v) is 11.8. The van der Waals surface area contributed by atoms with Gasteiger partial charge in [0.1, 0.15) is 60.3 Å². The molecule has 25 nitrogen and oxygen atoms in total. The maximum absolute atomic E-state index is 13.3. The number of carbonyl (C=O) groups excluding carboxylic acids is 8. The molecule has 0 saturated carbocycles. The second-order valence-electron chi connectivity index (χ2n) is 27.4. The number of halogens is 2. The number of carbonyl (C=O) groups is 8. The molecule has 0 fully saturated rings. The fourth-order valence-electron chi connectivity index (χ4n) is 11.8. The van der Waals surface area contributed by atoms with Crippen molar-refractivity contribution in [1.29, 1.82) is 0 Å². The number of hydrogen-bond acceptors (Lipinski definition) is 23. The number of nitrogens with two attached hydrogens (primary N) is 1. The number of hydrogen-bond donors (Lipinski definition) is 4. The van der Waals surface area contributed by atoms with E-state index < -0.39 is 41.4 Å². The quantitative estimate of drug-likeness (QED) is 0.0130. The second kappa shape index (κ2) is 47.2. The van der Waals surface area contributed by atoms with Gasteiger partial charge in [0, 0.05) is 48.5 Å². The van der Waals surface area contributed by atoms with Gasteiger partial charge in [-0.25, -0.2) is 47.6 Å². The van der Waals surface area contributed by atoms with E-state index in [1.165, 1.54) is 98.1 Å². The summed E-state index contributed by atoms with van der Waals surface area (Å²) in [5.41, 5.74) is 15.0. The molecule has 3 heterocycles. The van der Waals surface area contributed by atoms with Crippen molar-refractivity contribution in [2.45, 2.75) is 66.8 Å². The summed E-state index contributed by atoms with van der Waals surface area (Å²) in [6.45, 7) is 10.4. The number of methoxy groups -OCH3 is 1. The molecular formula is C97H89F2N7O18. The smallest absolute Gasteiger partial charge is 0.386 e. The van der Waals surface area contributed by atoms with Crippen molar-refractivity contribution in [3.63, 3.8) is 0 Å². The number of imidazole rings is 1. The highest BCUT2D eigenvalue weighted by molar-refractivity contribution is 6.30. The van der Waals surface area contributed by atoms with E-state index in [0.717, 1.165) is 50.7 Å². The first-order valence-corrected chi connectivity index (χ1v) is 38.8. The summed E-state index contributed by atoms with van der Waals surface area (Å²) in [5, 5.41) is 37.2. The number of nitrogen functional groups attached to an aromatic ring is 1. The number of aliphatic hydroxyl groups excluding tert-OH is 1. The van der Waals surface area contributed by atoms with Crippen LogP contribution in [-0.2, 0) is 64.5 Å². The van der Waals surface area contributed by atoms with Crippen LogP contribution in [0, 0.1) is 17.6 Å². The number of aromatic hydroxyl groups is 2. The van der Waals surface area contributed by atoms with E-state index in [1.54, 1.807) is 84.9 Å². The minimum atomic E-state index is -0.858. The maximum atomic E-state index is 13.3. The zero-order valence-corrected chi connectivity index (χ0v) is 68.5. The number of aromatic nitrogens is 6. The first kappa shape index (κ1) is 92.2. The minimum absolute atomic E-state index is 0.0354. The predicted molar refractivity (Wildman–Crippen MR) is 462 cm³/mol. The standard InChI is InChI=1S/C16H14O2.C16H16O2.C14H16N4.C14H8O4.C14H10O4.C12H16O5.C11H9F2N3O/c17-16(12-11-14-7-3-1-4-8-14)18-13-15-9-5-2-6-10-15;1-2-18-16(17)12-13-8-10-15(11-9-13)14-6-4-3-5-7-14;1-9(2)7-18-8-16-12-13(18)10-5-3-4-6-11(10)17-14(12)15;15-9-5-1-3-7-11(9)14(18)12-8(13(7)17)4-2-6-10(12)16;15-13(11-7-3-1-4-8-11)17-18-14(16)12-9-5-2-6-10-12;1-9(13)16-7-10(14)8-17-12-6-4-3-5-11(12)15-2;1-7(17)11-6-16(15-14-11)5-8-9(12)3-2-4-10(8)13/h1-12H,13H2;3-11H,2,12H2,1H3;3-6,8-9H,7H2,1-2H3,(H2,15,17);1-6,15-16H;1-10H;3-6,10,14H,7-8H2,1-2H3;2-4,6H,5H2,1H3/b12-11+;;;;;;/t;;;;;10-;/m.....0./s1. The first-order valence-electron chi connectivity index (χ1n) is 38.8. The Labute approximate surface area is 713 Å². The lowest BCUT2D eigenvalue weighted by atomic mass is 9.83. The van der Waals surface area contributed by atoms with Gasteiger partial charge in [0.25, 0.3) is 0 Å². The van der Waals surface area contributed by atoms with Crippen LogP contribution in [0.3, 0.4) is 0 Å². The van der Waals surface area contributed by atoms with Crippen molar-refractivity contribution < 1.29 is 95.9 Å². The van der Waals surface area contributed by atoms with E-state index in [0.29, 0.717) is 54.0 Å². The largest absolute Gasteiger partial charge is 0.507 e. The van der Waals surface area contributed by atoms with Crippen molar-refractivity contribution in [2.75, 3.05) is 32.7 Å². The molecule has 1 aliphatic rings. The predicted octanol–water partition coefficient (Wildman–Crippen LogP) is 17.0. The highest BCUT2D eigenvalue weighted by Crippen LogP contribution is 2.37. The number of rotatable bonds is 21. The lowest BCUT2D eigenvalue weighted by Crippen LogP contribution is -2.24. The Balaban J connectivity index is 0.000000164. The van der Waals surface area contributed by atoms with E-state index in [2.05, 4.69) is 71.4 Å². The zero-order valence-electron chi connectivity index (χ0n) is 68.5. The highest BCUT2D eigenvalue weighted by atomic mass is 19.1. The number of ether oxygens (including phenoxy) is 5. The normalized spacial score (nSPS) is 11.0. The molecule has 0 radical (unpaired) electrons. The number of ketones is 3. The van der Waals surface area contributed by atoms with Gasteiger partial charge in [-0.1, -0.05) is 231 Å². The monoisotopic (exact) mass is 1680 g/mol. The molecular weight excluding hydrogens is 1590 g/mol. The number of benzene rings is 11. The van der Waals surface area contributed by atoms with Crippen molar-refractivity contribution >= 4 is 81.0 Å². The van der Waals surface area contributed by atoms with Gasteiger partial charge in [-0.2, -0.15) is 0 Å². The molecule has 0 aliphatic heterocycles. The third-order valence-corrected chi connectivity index (χ3v) is 17.7. The van der Waals surface area contributed by atoms with Gasteiger partial charge < -0.3 is 49.3 Å². The number of phenolic OH excluding ortho intramolecular Hbond substituents is 2. The third-order valence-electron chi connectivity index (χ3n) is 17.7. The van der Waals surface area contributed by atoms with Crippen LogP contribution in [-0.4, -0.2) is 125 Å². The van der Waals surface area contributed by atoms with Crippen molar-refractivity contribution in [3.05, 3.63) is 371 Å². The van der Waals surface area contributed by atoms with Crippen LogP contribution in [0.2, 0.25) is 0 Å². The summed E-state index contributed by atoms with van der Waals surface area (Å²) in [5.74, 6) is -3.10. The number of aliphatic hydroxyl groups is 1. The number of fused-ring (bicyclic) bond motifs is 5. The Morgan fingerprint density at radius 3 is 1.64 bits per heavy atom.